The number of sulfonamides is 1. The van der Waals surface area contributed by atoms with E-state index < -0.39 is 44.7 Å². The van der Waals surface area contributed by atoms with Gasteiger partial charge in [-0.25, -0.2) is 8.42 Å². The molecule has 0 radical (unpaired) electrons. The van der Waals surface area contributed by atoms with E-state index in [2.05, 4.69) is 0 Å². The van der Waals surface area contributed by atoms with Crippen LogP contribution in [0.4, 0.5) is 13.2 Å². The summed E-state index contributed by atoms with van der Waals surface area (Å²) >= 11 is 0. The fraction of sp³-hybridized carbons (Fsp3) is 0.588. The molecule has 1 aliphatic carbocycles. The molecule has 3 atom stereocenters. The molecule has 1 saturated carbocycles. The van der Waals surface area contributed by atoms with E-state index in [9.17, 15) is 26.4 Å². The summed E-state index contributed by atoms with van der Waals surface area (Å²) in [5, 5.41) is 0. The van der Waals surface area contributed by atoms with Gasteiger partial charge in [-0.2, -0.15) is 17.5 Å². The number of halogens is 3. The highest BCUT2D eigenvalue weighted by Gasteiger charge is 2.52. The molecular weight excluding hydrogens is 371 g/mol. The summed E-state index contributed by atoms with van der Waals surface area (Å²) in [5.41, 5.74) is -1.22. The van der Waals surface area contributed by atoms with E-state index >= 15 is 0 Å². The van der Waals surface area contributed by atoms with Crippen LogP contribution in [-0.2, 0) is 25.7 Å². The molecule has 0 aromatic heterocycles. The average Bonchev–Trinajstić information content (AvgIpc) is 3.00. The monoisotopic (exact) mass is 391 g/mol. The van der Waals surface area contributed by atoms with Gasteiger partial charge in [0.05, 0.1) is 17.6 Å². The first-order valence-electron chi connectivity index (χ1n) is 8.45. The molecule has 0 amide bonds. The zero-order chi connectivity index (χ0) is 19.1. The fourth-order valence-electron chi connectivity index (χ4n) is 4.14. The summed E-state index contributed by atoms with van der Waals surface area (Å²) in [4.78, 5) is 11.4. The summed E-state index contributed by atoms with van der Waals surface area (Å²) in [6.45, 7) is 0. The van der Waals surface area contributed by atoms with Crippen molar-refractivity contribution in [3.05, 3.63) is 29.8 Å². The van der Waals surface area contributed by atoms with Crippen LogP contribution in [0.25, 0.3) is 0 Å². The van der Waals surface area contributed by atoms with Crippen molar-refractivity contribution in [1.82, 2.24) is 4.31 Å². The van der Waals surface area contributed by atoms with Gasteiger partial charge in [0.1, 0.15) is 6.04 Å². The second kappa shape index (κ2) is 6.84. The van der Waals surface area contributed by atoms with E-state index in [0.717, 1.165) is 48.9 Å². The van der Waals surface area contributed by atoms with Crippen LogP contribution in [0.1, 0.15) is 37.7 Å². The summed E-state index contributed by atoms with van der Waals surface area (Å²) < 4.78 is 72.2. The Morgan fingerprint density at radius 1 is 1.19 bits per heavy atom. The smallest absolute Gasteiger partial charge is 0.417 e. The Bertz CT molecular complexity index is 793. The summed E-state index contributed by atoms with van der Waals surface area (Å²) in [7, 11) is -3.36. The molecule has 3 rings (SSSR count). The lowest BCUT2D eigenvalue weighted by Crippen LogP contribution is -2.46. The van der Waals surface area contributed by atoms with E-state index in [1.807, 2.05) is 0 Å². The van der Waals surface area contributed by atoms with Crippen molar-refractivity contribution in [3.8, 4) is 0 Å². The lowest BCUT2D eigenvalue weighted by atomic mass is 9.85. The Morgan fingerprint density at radius 3 is 2.50 bits per heavy atom. The molecule has 1 saturated heterocycles. The van der Waals surface area contributed by atoms with Gasteiger partial charge in [-0.15, -0.1) is 0 Å². The molecule has 0 N–H and O–H groups in total. The molecule has 2 fully saturated rings. The number of carbonyl (C=O) groups is 1. The number of methoxy groups -OCH3 is 1. The molecule has 0 bridgehead atoms. The van der Waals surface area contributed by atoms with Gasteiger partial charge in [-0.1, -0.05) is 25.0 Å². The van der Waals surface area contributed by atoms with Crippen molar-refractivity contribution in [2.75, 3.05) is 7.11 Å². The third-order valence-electron chi connectivity index (χ3n) is 5.25. The van der Waals surface area contributed by atoms with Crippen LogP contribution in [0.5, 0.6) is 0 Å². The van der Waals surface area contributed by atoms with Crippen molar-refractivity contribution in [2.24, 2.45) is 5.92 Å². The Morgan fingerprint density at radius 2 is 1.85 bits per heavy atom. The summed E-state index contributed by atoms with van der Waals surface area (Å²) in [6, 6.07) is 2.53. The quantitative estimate of drug-likeness (QED) is 0.743. The molecule has 2 aliphatic rings. The Labute approximate surface area is 150 Å². The van der Waals surface area contributed by atoms with Crippen molar-refractivity contribution in [1.29, 1.82) is 0 Å². The molecule has 1 aromatic rings. The number of esters is 1. The van der Waals surface area contributed by atoms with Crippen molar-refractivity contribution >= 4 is 16.0 Å². The lowest BCUT2D eigenvalue weighted by Gasteiger charge is -2.32. The normalized spacial score (nSPS) is 27.2. The van der Waals surface area contributed by atoms with Crippen molar-refractivity contribution < 1.29 is 31.1 Å². The van der Waals surface area contributed by atoms with Gasteiger partial charge in [0.2, 0.25) is 10.0 Å². The topological polar surface area (TPSA) is 63.7 Å². The molecule has 5 nitrogen and oxygen atoms in total. The molecule has 0 unspecified atom stereocenters. The SMILES string of the molecule is COC(=O)[C@@H]1C[C@H]2CCCC[C@H]2N1S(=O)(=O)c1ccccc1C(F)(F)F. The minimum absolute atomic E-state index is 0.0410. The second-order valence-electron chi connectivity index (χ2n) is 6.72. The predicted octanol–water partition coefficient (Wildman–Crippen LogP) is 3.20. The van der Waals surface area contributed by atoms with E-state index in [0.29, 0.717) is 6.42 Å². The number of ether oxygens (including phenoxy) is 1. The Hall–Kier alpha value is -1.61. The Balaban J connectivity index is 2.11. The predicted molar refractivity (Wildman–Crippen MR) is 86.6 cm³/mol. The molecule has 144 valence electrons. The van der Waals surface area contributed by atoms with Gasteiger partial charge >= 0.3 is 12.1 Å². The minimum atomic E-state index is -4.81. The number of hydrogen-bond acceptors (Lipinski definition) is 4. The van der Waals surface area contributed by atoms with Crippen molar-refractivity contribution in [2.45, 2.75) is 55.3 Å². The largest absolute Gasteiger partial charge is 0.468 e. The highest BCUT2D eigenvalue weighted by Crippen LogP contribution is 2.44. The second-order valence-corrected chi connectivity index (χ2v) is 8.53. The standard InChI is InChI=1S/C17H20F3NO4S/c1-25-16(22)14-10-11-6-2-4-8-13(11)21(14)26(23,24)15-9-5-3-7-12(15)17(18,19)20/h3,5,7,9,11,13-14H,2,4,6,8,10H2,1H3/t11-,13-,14+/m1/s1. The van der Waals surface area contributed by atoms with Gasteiger partial charge in [-0.3, -0.25) is 4.79 Å². The average molecular weight is 391 g/mol. The van der Waals surface area contributed by atoms with E-state index in [1.54, 1.807) is 0 Å². The van der Waals surface area contributed by atoms with Crippen LogP contribution in [0.15, 0.2) is 29.2 Å². The van der Waals surface area contributed by atoms with Gasteiger partial charge in [-0.05, 0) is 37.3 Å². The number of hydrogen-bond donors (Lipinski definition) is 0. The van der Waals surface area contributed by atoms with Crippen LogP contribution in [0, 0.1) is 5.92 Å². The zero-order valence-electron chi connectivity index (χ0n) is 14.2. The fourth-order valence-corrected chi connectivity index (χ4v) is 6.22. The van der Waals surface area contributed by atoms with E-state index in [-0.39, 0.29) is 12.3 Å². The molecule has 1 aromatic carbocycles. The van der Waals surface area contributed by atoms with Crippen LogP contribution in [-0.4, -0.2) is 37.9 Å². The van der Waals surface area contributed by atoms with E-state index in [4.69, 9.17) is 4.74 Å². The lowest BCUT2D eigenvalue weighted by molar-refractivity contribution is -0.144. The van der Waals surface area contributed by atoms with Crippen LogP contribution >= 0.6 is 0 Å². The van der Waals surface area contributed by atoms with Gasteiger partial charge in [0.25, 0.3) is 0 Å². The first-order valence-corrected chi connectivity index (χ1v) is 9.89. The van der Waals surface area contributed by atoms with E-state index in [1.165, 1.54) is 6.07 Å². The molecule has 9 heteroatoms. The number of benzene rings is 1. The summed E-state index contributed by atoms with van der Waals surface area (Å²) in [5.74, 6) is -0.770. The highest BCUT2D eigenvalue weighted by molar-refractivity contribution is 7.89. The molecule has 26 heavy (non-hydrogen) atoms. The van der Waals surface area contributed by atoms with Crippen molar-refractivity contribution in [3.63, 3.8) is 0 Å². The zero-order valence-corrected chi connectivity index (χ0v) is 15.0. The van der Waals surface area contributed by atoms with Crippen LogP contribution < -0.4 is 0 Å². The maximum Gasteiger partial charge on any atom is 0.417 e. The molecule has 1 aliphatic heterocycles. The number of fused-ring (bicyclic) bond motifs is 1. The van der Waals surface area contributed by atoms with Crippen LogP contribution in [0.3, 0.4) is 0 Å². The summed E-state index contributed by atoms with van der Waals surface area (Å²) in [6.07, 6.45) is -1.54. The Kier molecular flexibility index (Phi) is 5.04. The molecule has 1 heterocycles. The van der Waals surface area contributed by atoms with Gasteiger partial charge in [0.15, 0.2) is 0 Å². The molecule has 0 spiro atoms. The molecular formula is C17H20F3NO4S. The highest BCUT2D eigenvalue weighted by atomic mass is 32.2. The number of alkyl halides is 3. The first-order chi connectivity index (χ1) is 12.2. The van der Waals surface area contributed by atoms with Gasteiger partial charge < -0.3 is 4.74 Å². The third kappa shape index (κ3) is 3.22. The number of carbonyl (C=O) groups excluding carboxylic acids is 1. The maximum atomic E-state index is 13.3. The minimum Gasteiger partial charge on any atom is -0.468 e. The van der Waals surface area contributed by atoms with Crippen LogP contribution in [0.2, 0.25) is 0 Å². The first kappa shape index (κ1) is 19.2. The maximum absolute atomic E-state index is 13.3. The van der Waals surface area contributed by atoms with Gasteiger partial charge in [0, 0.05) is 6.04 Å². The number of rotatable bonds is 3. The number of nitrogens with zero attached hydrogens (tertiary/aromatic N) is 1. The third-order valence-corrected chi connectivity index (χ3v) is 7.24.